The summed E-state index contributed by atoms with van der Waals surface area (Å²) in [5.74, 6) is 0.797. The summed E-state index contributed by atoms with van der Waals surface area (Å²) in [6, 6.07) is 16.9. The number of nitrogens with zero attached hydrogens (tertiary/aromatic N) is 2. The van der Waals surface area contributed by atoms with Gasteiger partial charge in [0.1, 0.15) is 5.82 Å². The van der Waals surface area contributed by atoms with Gasteiger partial charge in [-0.3, -0.25) is 0 Å². The molecule has 0 fully saturated rings. The van der Waals surface area contributed by atoms with E-state index in [1.54, 1.807) is 0 Å². The molecule has 1 aromatic heterocycles. The van der Waals surface area contributed by atoms with Crippen molar-refractivity contribution in [2.75, 3.05) is 5.32 Å². The Balaban J connectivity index is 1.85. The maximum absolute atomic E-state index is 12.7. The molecule has 0 aliphatic heterocycles. The van der Waals surface area contributed by atoms with Gasteiger partial charge in [0.15, 0.2) is 0 Å². The Morgan fingerprint density at radius 3 is 2.11 bits per heavy atom. The number of hydrogen-bond donors (Lipinski definition) is 1. The number of aromatic nitrogens is 2. The van der Waals surface area contributed by atoms with Gasteiger partial charge in [-0.2, -0.15) is 18.3 Å². The predicted molar refractivity (Wildman–Crippen MR) is 101 cm³/mol. The normalized spacial score (nSPS) is 12.2. The quantitative estimate of drug-likeness (QED) is 0.626. The standard InChI is InChI=1S/C21H22F3N3/c1-20(2,3)18-13-19(27(26-18)17-7-5-4-6-8-17)25-14-15-9-11-16(12-10-15)21(22,23)24/h4-13,25H,14H2,1-3H3. The molecule has 1 heterocycles. The van der Waals surface area contributed by atoms with E-state index in [-0.39, 0.29) is 5.41 Å². The summed E-state index contributed by atoms with van der Waals surface area (Å²) in [4.78, 5) is 0. The molecule has 0 bridgehead atoms. The second kappa shape index (κ2) is 7.10. The fourth-order valence-corrected chi connectivity index (χ4v) is 2.64. The van der Waals surface area contributed by atoms with Crippen LogP contribution in [0.3, 0.4) is 0 Å². The van der Waals surface area contributed by atoms with Crippen LogP contribution in [0, 0.1) is 0 Å². The number of nitrogens with one attached hydrogen (secondary N) is 1. The zero-order valence-corrected chi connectivity index (χ0v) is 15.5. The molecule has 3 aromatic rings. The molecule has 0 saturated heterocycles. The molecule has 0 aliphatic rings. The third kappa shape index (κ3) is 4.51. The van der Waals surface area contributed by atoms with E-state index in [4.69, 9.17) is 5.10 Å². The second-order valence-corrected chi connectivity index (χ2v) is 7.46. The first-order valence-corrected chi connectivity index (χ1v) is 8.70. The van der Waals surface area contributed by atoms with Crippen LogP contribution in [-0.4, -0.2) is 9.78 Å². The van der Waals surface area contributed by atoms with Gasteiger partial charge in [0.25, 0.3) is 0 Å². The summed E-state index contributed by atoms with van der Waals surface area (Å²) in [6.45, 7) is 6.67. The molecule has 142 valence electrons. The monoisotopic (exact) mass is 373 g/mol. The maximum atomic E-state index is 12.7. The van der Waals surface area contributed by atoms with Crippen molar-refractivity contribution in [2.45, 2.75) is 38.9 Å². The molecule has 0 amide bonds. The number of benzene rings is 2. The Morgan fingerprint density at radius 2 is 1.56 bits per heavy atom. The minimum Gasteiger partial charge on any atom is -0.366 e. The summed E-state index contributed by atoms with van der Waals surface area (Å²) in [5, 5.41) is 8.01. The van der Waals surface area contributed by atoms with E-state index in [9.17, 15) is 13.2 Å². The van der Waals surface area contributed by atoms with E-state index in [1.165, 1.54) is 12.1 Å². The summed E-state index contributed by atoms with van der Waals surface area (Å²) in [7, 11) is 0. The number of halogens is 3. The van der Waals surface area contributed by atoms with E-state index < -0.39 is 11.7 Å². The zero-order valence-electron chi connectivity index (χ0n) is 15.5. The predicted octanol–water partition coefficient (Wildman–Crippen LogP) is 5.80. The molecule has 0 aliphatic carbocycles. The van der Waals surface area contributed by atoms with Crippen molar-refractivity contribution in [3.05, 3.63) is 77.5 Å². The highest BCUT2D eigenvalue weighted by Gasteiger charge is 2.29. The second-order valence-electron chi connectivity index (χ2n) is 7.46. The summed E-state index contributed by atoms with van der Waals surface area (Å²) >= 11 is 0. The van der Waals surface area contributed by atoms with Gasteiger partial charge in [0.05, 0.1) is 16.9 Å². The highest BCUT2D eigenvalue weighted by molar-refractivity contribution is 5.47. The van der Waals surface area contributed by atoms with Crippen LogP contribution in [-0.2, 0) is 18.1 Å². The Hall–Kier alpha value is -2.76. The largest absolute Gasteiger partial charge is 0.416 e. The highest BCUT2D eigenvalue weighted by atomic mass is 19.4. The lowest BCUT2D eigenvalue weighted by molar-refractivity contribution is -0.137. The third-order valence-electron chi connectivity index (χ3n) is 4.23. The van der Waals surface area contributed by atoms with Crippen molar-refractivity contribution >= 4 is 5.82 Å². The van der Waals surface area contributed by atoms with E-state index in [2.05, 4.69) is 26.1 Å². The number of rotatable bonds is 4. The van der Waals surface area contributed by atoms with Crippen molar-refractivity contribution in [3.63, 3.8) is 0 Å². The third-order valence-corrected chi connectivity index (χ3v) is 4.23. The van der Waals surface area contributed by atoms with Gasteiger partial charge in [0, 0.05) is 18.0 Å². The smallest absolute Gasteiger partial charge is 0.366 e. The first-order chi connectivity index (χ1) is 12.6. The van der Waals surface area contributed by atoms with Crippen molar-refractivity contribution in [2.24, 2.45) is 0 Å². The Labute approximate surface area is 156 Å². The zero-order chi connectivity index (χ0) is 19.7. The van der Waals surface area contributed by atoms with E-state index in [1.807, 2.05) is 41.1 Å². The molecule has 3 nitrogen and oxygen atoms in total. The molecule has 0 radical (unpaired) electrons. The average Bonchev–Trinajstić information content (AvgIpc) is 3.05. The van der Waals surface area contributed by atoms with Crippen LogP contribution in [0.25, 0.3) is 5.69 Å². The SMILES string of the molecule is CC(C)(C)c1cc(NCc2ccc(C(F)(F)F)cc2)n(-c2ccccc2)n1. The van der Waals surface area contributed by atoms with Crippen LogP contribution >= 0.6 is 0 Å². The molecule has 3 rings (SSSR count). The van der Waals surface area contributed by atoms with Crippen molar-refractivity contribution in [3.8, 4) is 5.69 Å². The van der Waals surface area contributed by atoms with Gasteiger partial charge in [-0.05, 0) is 29.8 Å². The Kier molecular flexibility index (Phi) is 5.00. The molecule has 0 spiro atoms. The molecule has 1 N–H and O–H groups in total. The van der Waals surface area contributed by atoms with E-state index in [0.29, 0.717) is 6.54 Å². The molecular weight excluding hydrogens is 351 g/mol. The van der Waals surface area contributed by atoms with Gasteiger partial charge in [0.2, 0.25) is 0 Å². The van der Waals surface area contributed by atoms with Gasteiger partial charge in [-0.25, -0.2) is 4.68 Å². The topological polar surface area (TPSA) is 29.9 Å². The number of alkyl halides is 3. The first-order valence-electron chi connectivity index (χ1n) is 8.70. The van der Waals surface area contributed by atoms with Gasteiger partial charge < -0.3 is 5.32 Å². The molecule has 0 atom stereocenters. The van der Waals surface area contributed by atoms with Crippen LogP contribution in [0.5, 0.6) is 0 Å². The van der Waals surface area contributed by atoms with Crippen LogP contribution in [0.15, 0.2) is 60.7 Å². The van der Waals surface area contributed by atoms with Gasteiger partial charge in [-0.1, -0.05) is 51.1 Å². The van der Waals surface area contributed by atoms with Crippen molar-refractivity contribution in [1.29, 1.82) is 0 Å². The average molecular weight is 373 g/mol. The summed E-state index contributed by atoms with van der Waals surface area (Å²) in [5.41, 5.74) is 1.85. The fourth-order valence-electron chi connectivity index (χ4n) is 2.64. The number of anilines is 1. The Morgan fingerprint density at radius 1 is 0.926 bits per heavy atom. The van der Waals surface area contributed by atoms with Crippen molar-refractivity contribution in [1.82, 2.24) is 9.78 Å². The van der Waals surface area contributed by atoms with E-state index >= 15 is 0 Å². The van der Waals surface area contributed by atoms with Gasteiger partial charge in [-0.15, -0.1) is 0 Å². The molecule has 27 heavy (non-hydrogen) atoms. The lowest BCUT2D eigenvalue weighted by Gasteiger charge is -2.14. The number of hydrogen-bond acceptors (Lipinski definition) is 2. The highest BCUT2D eigenvalue weighted by Crippen LogP contribution is 2.30. The van der Waals surface area contributed by atoms with Crippen LogP contribution in [0.2, 0.25) is 0 Å². The van der Waals surface area contributed by atoms with Crippen LogP contribution in [0.1, 0.15) is 37.6 Å². The van der Waals surface area contributed by atoms with Crippen LogP contribution < -0.4 is 5.32 Å². The molecule has 0 saturated carbocycles. The first kappa shape index (κ1) is 19.0. The molecule has 0 unspecified atom stereocenters. The minimum atomic E-state index is -4.32. The molecular formula is C21H22F3N3. The minimum absolute atomic E-state index is 0.120. The lowest BCUT2D eigenvalue weighted by atomic mass is 9.92. The summed E-state index contributed by atoms with van der Waals surface area (Å²) < 4.78 is 39.9. The number of para-hydroxylation sites is 1. The van der Waals surface area contributed by atoms with Crippen LogP contribution in [0.4, 0.5) is 19.0 Å². The van der Waals surface area contributed by atoms with E-state index in [0.717, 1.165) is 34.9 Å². The molecule has 6 heteroatoms. The lowest BCUT2D eigenvalue weighted by Crippen LogP contribution is -2.12. The summed E-state index contributed by atoms with van der Waals surface area (Å²) in [6.07, 6.45) is -4.32. The van der Waals surface area contributed by atoms with Crippen molar-refractivity contribution < 1.29 is 13.2 Å². The maximum Gasteiger partial charge on any atom is 0.416 e. The molecule has 2 aromatic carbocycles. The van der Waals surface area contributed by atoms with Gasteiger partial charge >= 0.3 is 6.18 Å². The Bertz CT molecular complexity index is 889. The fraction of sp³-hybridized carbons (Fsp3) is 0.286.